The molecule has 3 heteroatoms. The van der Waals surface area contributed by atoms with Gasteiger partial charge in [-0.15, -0.1) is 0 Å². The summed E-state index contributed by atoms with van der Waals surface area (Å²) in [6.45, 7) is 2.40. The van der Waals surface area contributed by atoms with Gasteiger partial charge in [0.05, 0.1) is 6.54 Å². The molecule has 0 aromatic carbocycles. The molecule has 0 radical (unpaired) electrons. The molecule has 11 heavy (non-hydrogen) atoms. The lowest BCUT2D eigenvalue weighted by molar-refractivity contribution is -0.0249. The number of rotatable bonds is 3. The highest BCUT2D eigenvalue weighted by atomic mass is 19.3. The molecule has 66 valence electrons. The molecular weight excluding hydrogens is 148 g/mol. The van der Waals surface area contributed by atoms with Gasteiger partial charge >= 0.3 is 0 Å². The van der Waals surface area contributed by atoms with Crippen molar-refractivity contribution in [1.82, 2.24) is 5.32 Å². The van der Waals surface area contributed by atoms with Crippen molar-refractivity contribution in [3.63, 3.8) is 0 Å². The van der Waals surface area contributed by atoms with Crippen LogP contribution in [0, 0.1) is 5.92 Å². The molecule has 1 atom stereocenters. The van der Waals surface area contributed by atoms with Crippen LogP contribution in [0.4, 0.5) is 8.78 Å². The third-order valence-electron chi connectivity index (χ3n) is 2.25. The molecule has 1 rings (SSSR count). The van der Waals surface area contributed by atoms with Crippen LogP contribution in [0.5, 0.6) is 0 Å². The fraction of sp³-hybridized carbons (Fsp3) is 1.00. The first-order valence-electron chi connectivity index (χ1n) is 4.25. The van der Waals surface area contributed by atoms with Crippen molar-refractivity contribution >= 4 is 0 Å². The van der Waals surface area contributed by atoms with Crippen molar-refractivity contribution in [3.8, 4) is 0 Å². The van der Waals surface area contributed by atoms with E-state index in [1.165, 1.54) is 0 Å². The van der Waals surface area contributed by atoms with Crippen LogP contribution in [-0.2, 0) is 0 Å². The van der Waals surface area contributed by atoms with Crippen molar-refractivity contribution in [1.29, 1.82) is 0 Å². The summed E-state index contributed by atoms with van der Waals surface area (Å²) in [6, 6.07) is 0. The number of nitrogens with one attached hydrogen (secondary N) is 1. The molecule has 1 N–H and O–H groups in total. The van der Waals surface area contributed by atoms with Crippen molar-refractivity contribution in [2.24, 2.45) is 5.92 Å². The fourth-order valence-corrected chi connectivity index (χ4v) is 1.47. The zero-order valence-electron chi connectivity index (χ0n) is 6.87. The second-order valence-corrected chi connectivity index (χ2v) is 3.23. The summed E-state index contributed by atoms with van der Waals surface area (Å²) in [5, 5.41) is 2.72. The van der Waals surface area contributed by atoms with Gasteiger partial charge in [-0.05, 0) is 6.42 Å². The van der Waals surface area contributed by atoms with E-state index in [-0.39, 0.29) is 6.54 Å². The minimum atomic E-state index is -2.45. The molecule has 1 heterocycles. The Balaban J connectivity index is 2.32. The molecule has 0 spiro atoms. The molecule has 1 nitrogen and oxygen atoms in total. The summed E-state index contributed by atoms with van der Waals surface area (Å²) in [7, 11) is 0. The molecule has 1 saturated heterocycles. The lowest BCUT2D eigenvalue weighted by Gasteiger charge is -2.16. The van der Waals surface area contributed by atoms with Crippen LogP contribution in [0.25, 0.3) is 0 Å². The molecule has 0 amide bonds. The zero-order valence-corrected chi connectivity index (χ0v) is 6.87. The van der Waals surface area contributed by atoms with E-state index in [1.807, 2.05) is 6.92 Å². The van der Waals surface area contributed by atoms with Crippen LogP contribution >= 0.6 is 0 Å². The van der Waals surface area contributed by atoms with Crippen LogP contribution in [-0.4, -0.2) is 19.0 Å². The molecular formula is C8H15F2N. The first-order chi connectivity index (χ1) is 5.17. The summed E-state index contributed by atoms with van der Waals surface area (Å²) in [4.78, 5) is 0. The van der Waals surface area contributed by atoms with Gasteiger partial charge in [0.2, 0.25) is 0 Å². The summed E-state index contributed by atoms with van der Waals surface area (Å²) in [5.41, 5.74) is 0. The predicted molar refractivity (Wildman–Crippen MR) is 40.8 cm³/mol. The van der Waals surface area contributed by atoms with E-state index in [0.29, 0.717) is 13.0 Å². The lowest BCUT2D eigenvalue weighted by atomic mass is 9.98. The third-order valence-corrected chi connectivity index (χ3v) is 2.25. The number of hydrogen-bond donors (Lipinski definition) is 1. The molecule has 0 aromatic rings. The number of alkyl halides is 2. The molecule has 1 fully saturated rings. The van der Waals surface area contributed by atoms with Crippen LogP contribution < -0.4 is 5.32 Å². The van der Waals surface area contributed by atoms with Crippen molar-refractivity contribution in [2.45, 2.75) is 32.1 Å². The maximum absolute atomic E-state index is 12.9. The van der Waals surface area contributed by atoms with Gasteiger partial charge in [-0.1, -0.05) is 19.8 Å². The Morgan fingerprint density at radius 3 is 2.73 bits per heavy atom. The molecule has 0 saturated carbocycles. The van der Waals surface area contributed by atoms with E-state index in [2.05, 4.69) is 5.32 Å². The molecule has 1 unspecified atom stereocenters. The van der Waals surface area contributed by atoms with Crippen LogP contribution in [0.1, 0.15) is 26.2 Å². The summed E-state index contributed by atoms with van der Waals surface area (Å²) in [6.07, 6.45) is 2.59. The summed E-state index contributed by atoms with van der Waals surface area (Å²) < 4.78 is 25.7. The first kappa shape index (κ1) is 8.91. The SMILES string of the molecule is CCCCC1CNCC1(F)F. The molecule has 1 aliphatic rings. The van der Waals surface area contributed by atoms with E-state index in [1.54, 1.807) is 0 Å². The van der Waals surface area contributed by atoms with Gasteiger partial charge in [0, 0.05) is 12.5 Å². The summed E-state index contributed by atoms with van der Waals surface area (Å²) >= 11 is 0. The topological polar surface area (TPSA) is 12.0 Å². The van der Waals surface area contributed by atoms with Gasteiger partial charge in [-0.25, -0.2) is 8.78 Å². The van der Waals surface area contributed by atoms with Crippen molar-refractivity contribution in [2.75, 3.05) is 13.1 Å². The monoisotopic (exact) mass is 163 g/mol. The fourth-order valence-electron chi connectivity index (χ4n) is 1.47. The Kier molecular flexibility index (Phi) is 2.82. The first-order valence-corrected chi connectivity index (χ1v) is 4.25. The molecule has 0 aliphatic carbocycles. The van der Waals surface area contributed by atoms with Gasteiger partial charge in [0.25, 0.3) is 5.92 Å². The van der Waals surface area contributed by atoms with Gasteiger partial charge in [-0.3, -0.25) is 0 Å². The Morgan fingerprint density at radius 1 is 1.55 bits per heavy atom. The predicted octanol–water partition coefficient (Wildman–Crippen LogP) is 2.03. The number of unbranched alkanes of at least 4 members (excludes halogenated alkanes) is 1. The van der Waals surface area contributed by atoms with Crippen LogP contribution in [0.15, 0.2) is 0 Å². The Hall–Kier alpha value is -0.180. The van der Waals surface area contributed by atoms with E-state index in [9.17, 15) is 8.78 Å². The van der Waals surface area contributed by atoms with Crippen LogP contribution in [0.2, 0.25) is 0 Å². The van der Waals surface area contributed by atoms with Crippen molar-refractivity contribution < 1.29 is 8.78 Å². The standard InChI is InChI=1S/C8H15F2N/c1-2-3-4-7-5-11-6-8(7,9)10/h7,11H,2-6H2,1H3. The minimum Gasteiger partial charge on any atom is -0.311 e. The molecule has 0 aromatic heterocycles. The number of halogens is 2. The number of hydrogen-bond acceptors (Lipinski definition) is 1. The lowest BCUT2D eigenvalue weighted by Crippen LogP contribution is -2.26. The largest absolute Gasteiger partial charge is 0.311 e. The zero-order chi connectivity index (χ0) is 8.32. The Labute approximate surface area is 66.2 Å². The van der Waals surface area contributed by atoms with Crippen LogP contribution in [0.3, 0.4) is 0 Å². The smallest absolute Gasteiger partial charge is 0.264 e. The molecule has 1 aliphatic heterocycles. The maximum Gasteiger partial charge on any atom is 0.264 e. The molecule has 0 bridgehead atoms. The second-order valence-electron chi connectivity index (χ2n) is 3.23. The Bertz CT molecular complexity index is 125. The second kappa shape index (κ2) is 3.48. The van der Waals surface area contributed by atoms with Crippen molar-refractivity contribution in [3.05, 3.63) is 0 Å². The van der Waals surface area contributed by atoms with E-state index >= 15 is 0 Å². The average molecular weight is 163 g/mol. The minimum absolute atomic E-state index is 0.124. The van der Waals surface area contributed by atoms with E-state index in [4.69, 9.17) is 0 Å². The highest BCUT2D eigenvalue weighted by Crippen LogP contribution is 2.31. The Morgan fingerprint density at radius 2 is 2.27 bits per heavy atom. The quantitative estimate of drug-likeness (QED) is 0.671. The van der Waals surface area contributed by atoms with Gasteiger partial charge < -0.3 is 5.32 Å². The average Bonchev–Trinajstić information content (AvgIpc) is 2.25. The normalized spacial score (nSPS) is 29.2. The van der Waals surface area contributed by atoms with Gasteiger partial charge in [0.1, 0.15) is 0 Å². The van der Waals surface area contributed by atoms with Gasteiger partial charge in [0.15, 0.2) is 0 Å². The highest BCUT2D eigenvalue weighted by molar-refractivity contribution is 4.87. The summed E-state index contributed by atoms with van der Waals surface area (Å²) in [5.74, 6) is -2.86. The highest BCUT2D eigenvalue weighted by Gasteiger charge is 2.42. The maximum atomic E-state index is 12.9. The van der Waals surface area contributed by atoms with E-state index in [0.717, 1.165) is 12.8 Å². The third kappa shape index (κ3) is 2.12. The van der Waals surface area contributed by atoms with Gasteiger partial charge in [-0.2, -0.15) is 0 Å². The van der Waals surface area contributed by atoms with E-state index < -0.39 is 11.8 Å².